The number of rotatable bonds is 13. The van der Waals surface area contributed by atoms with E-state index in [-0.39, 0.29) is 0 Å². The minimum Gasteiger partial charge on any atom is -0.346 e. The van der Waals surface area contributed by atoms with Gasteiger partial charge in [-0.2, -0.15) is 0 Å². The molecule has 0 fully saturated rings. The van der Waals surface area contributed by atoms with Gasteiger partial charge >= 0.3 is 0 Å². The summed E-state index contributed by atoms with van der Waals surface area (Å²) in [5.74, 6) is 1.13. The summed E-state index contributed by atoms with van der Waals surface area (Å²) in [5.41, 5.74) is 6.70. The van der Waals surface area contributed by atoms with Gasteiger partial charge in [-0.3, -0.25) is 0 Å². The second kappa shape index (κ2) is 12.0. The van der Waals surface area contributed by atoms with Crippen molar-refractivity contribution in [2.45, 2.75) is 84.0 Å². The van der Waals surface area contributed by atoms with Crippen molar-refractivity contribution in [2.75, 3.05) is 6.54 Å². The summed E-state index contributed by atoms with van der Waals surface area (Å²) in [5, 5.41) is 0. The van der Waals surface area contributed by atoms with E-state index in [0.717, 1.165) is 18.7 Å². The number of hydrogen-bond donors (Lipinski definition) is 2. The topological polar surface area (TPSA) is 54.7 Å². The number of H-pyrrole nitrogens is 1. The van der Waals surface area contributed by atoms with E-state index in [9.17, 15) is 0 Å². The molecule has 3 N–H and O–H groups in total. The van der Waals surface area contributed by atoms with Gasteiger partial charge in [0.25, 0.3) is 0 Å². The molecule has 0 unspecified atom stereocenters. The van der Waals surface area contributed by atoms with Crippen molar-refractivity contribution in [1.82, 2.24) is 9.97 Å². The monoisotopic (exact) mass is 279 g/mol. The van der Waals surface area contributed by atoms with Crippen molar-refractivity contribution in [2.24, 2.45) is 5.73 Å². The van der Waals surface area contributed by atoms with E-state index in [4.69, 9.17) is 5.73 Å². The predicted molar refractivity (Wildman–Crippen MR) is 86.9 cm³/mol. The molecule has 1 rings (SSSR count). The Morgan fingerprint density at radius 3 is 2.10 bits per heavy atom. The van der Waals surface area contributed by atoms with Gasteiger partial charge in [0.05, 0.1) is 0 Å². The molecular formula is C17H33N3. The standard InChI is InChI=1S/C17H33N3/c1-2-3-4-5-6-7-8-9-10-11-12-17-19-15-16(20-17)13-14-18/h15H,2-14,18H2,1H3,(H,19,20). The normalized spacial score (nSPS) is 11.1. The SMILES string of the molecule is CCCCCCCCCCCCc1ncc(CCN)[nH]1. The Balaban J connectivity index is 1.89. The summed E-state index contributed by atoms with van der Waals surface area (Å²) in [7, 11) is 0. The summed E-state index contributed by atoms with van der Waals surface area (Å²) >= 11 is 0. The number of imidazole rings is 1. The van der Waals surface area contributed by atoms with Crippen molar-refractivity contribution in [3.8, 4) is 0 Å². The Morgan fingerprint density at radius 2 is 1.50 bits per heavy atom. The number of aromatic nitrogens is 2. The van der Waals surface area contributed by atoms with Crippen molar-refractivity contribution < 1.29 is 0 Å². The van der Waals surface area contributed by atoms with Crippen molar-refractivity contribution >= 4 is 0 Å². The summed E-state index contributed by atoms with van der Waals surface area (Å²) in [6.07, 6.45) is 17.8. The molecule has 0 saturated carbocycles. The van der Waals surface area contributed by atoms with Gasteiger partial charge in [0.15, 0.2) is 0 Å². The lowest BCUT2D eigenvalue weighted by atomic mass is 10.1. The van der Waals surface area contributed by atoms with Gasteiger partial charge in [-0.05, 0) is 13.0 Å². The zero-order valence-corrected chi connectivity index (χ0v) is 13.3. The van der Waals surface area contributed by atoms with Crippen molar-refractivity contribution in [3.05, 3.63) is 17.7 Å². The molecule has 0 aliphatic rings. The molecule has 0 atom stereocenters. The van der Waals surface area contributed by atoms with Crippen LogP contribution in [0, 0.1) is 0 Å². The van der Waals surface area contributed by atoms with Crippen LogP contribution in [-0.2, 0) is 12.8 Å². The lowest BCUT2D eigenvalue weighted by Gasteiger charge is -2.01. The third-order valence-corrected chi connectivity index (χ3v) is 3.86. The number of hydrogen-bond acceptors (Lipinski definition) is 2. The fourth-order valence-corrected chi connectivity index (χ4v) is 2.60. The number of nitrogens with two attached hydrogens (primary N) is 1. The lowest BCUT2D eigenvalue weighted by molar-refractivity contribution is 0.554. The van der Waals surface area contributed by atoms with E-state index in [0.29, 0.717) is 6.54 Å². The maximum Gasteiger partial charge on any atom is 0.106 e. The van der Waals surface area contributed by atoms with E-state index >= 15 is 0 Å². The lowest BCUT2D eigenvalue weighted by Crippen LogP contribution is -2.02. The van der Waals surface area contributed by atoms with Gasteiger partial charge in [0, 0.05) is 24.7 Å². The molecule has 20 heavy (non-hydrogen) atoms. The van der Waals surface area contributed by atoms with Crippen molar-refractivity contribution in [3.63, 3.8) is 0 Å². The molecule has 1 aromatic rings. The fourth-order valence-electron chi connectivity index (χ4n) is 2.60. The number of nitrogens with one attached hydrogen (secondary N) is 1. The van der Waals surface area contributed by atoms with E-state index < -0.39 is 0 Å². The van der Waals surface area contributed by atoms with Crippen molar-refractivity contribution in [1.29, 1.82) is 0 Å². The number of aryl methyl sites for hydroxylation is 1. The van der Waals surface area contributed by atoms with Crippen LogP contribution in [0.1, 0.15) is 82.7 Å². The molecule has 0 saturated heterocycles. The van der Waals surface area contributed by atoms with Gasteiger partial charge in [-0.1, -0.05) is 64.7 Å². The molecule has 0 aliphatic carbocycles. The summed E-state index contributed by atoms with van der Waals surface area (Å²) in [4.78, 5) is 7.75. The van der Waals surface area contributed by atoms with E-state index in [1.165, 1.54) is 69.9 Å². The Bertz CT molecular complexity index is 320. The Kier molecular flexibility index (Phi) is 10.3. The molecule has 0 aliphatic heterocycles. The highest BCUT2D eigenvalue weighted by Crippen LogP contribution is 2.11. The van der Waals surface area contributed by atoms with Crippen LogP contribution < -0.4 is 5.73 Å². The van der Waals surface area contributed by atoms with Gasteiger partial charge in [-0.15, -0.1) is 0 Å². The van der Waals surface area contributed by atoms with Crippen LogP contribution in [-0.4, -0.2) is 16.5 Å². The van der Waals surface area contributed by atoms with Gasteiger partial charge in [0.2, 0.25) is 0 Å². The van der Waals surface area contributed by atoms with E-state index in [1.54, 1.807) is 0 Å². The molecule has 0 bridgehead atoms. The predicted octanol–water partition coefficient (Wildman–Crippen LogP) is 4.37. The zero-order chi connectivity index (χ0) is 14.5. The molecule has 0 radical (unpaired) electrons. The molecule has 116 valence electrons. The molecule has 0 spiro atoms. The van der Waals surface area contributed by atoms with Crippen LogP contribution in [0.2, 0.25) is 0 Å². The van der Waals surface area contributed by atoms with Gasteiger partial charge in [0.1, 0.15) is 5.82 Å². The quantitative estimate of drug-likeness (QED) is 0.527. The highest BCUT2D eigenvalue weighted by atomic mass is 14.9. The molecule has 0 aromatic carbocycles. The van der Waals surface area contributed by atoms with Gasteiger partial charge < -0.3 is 10.7 Å². The molecule has 0 amide bonds. The first-order chi connectivity index (χ1) is 9.86. The highest BCUT2D eigenvalue weighted by molar-refractivity contribution is 5.01. The van der Waals surface area contributed by atoms with E-state index in [2.05, 4.69) is 16.9 Å². The largest absolute Gasteiger partial charge is 0.346 e. The van der Waals surface area contributed by atoms with Crippen LogP contribution in [0.3, 0.4) is 0 Å². The zero-order valence-electron chi connectivity index (χ0n) is 13.3. The minimum absolute atomic E-state index is 0.694. The first kappa shape index (κ1) is 17.2. The molecule has 3 heteroatoms. The summed E-state index contributed by atoms with van der Waals surface area (Å²) in [6, 6.07) is 0. The highest BCUT2D eigenvalue weighted by Gasteiger charge is 2.00. The van der Waals surface area contributed by atoms with Crippen LogP contribution >= 0.6 is 0 Å². The minimum atomic E-state index is 0.694. The smallest absolute Gasteiger partial charge is 0.106 e. The Hall–Kier alpha value is -0.830. The third kappa shape index (κ3) is 8.36. The Morgan fingerprint density at radius 1 is 0.900 bits per heavy atom. The Labute approximate surface area is 124 Å². The number of nitrogens with zero attached hydrogens (tertiary/aromatic N) is 1. The van der Waals surface area contributed by atoms with E-state index in [1.807, 2.05) is 6.20 Å². The maximum absolute atomic E-state index is 5.53. The number of unbranched alkanes of at least 4 members (excludes halogenated alkanes) is 9. The number of aromatic amines is 1. The first-order valence-corrected chi connectivity index (χ1v) is 8.59. The van der Waals surface area contributed by atoms with Crippen LogP contribution in [0.4, 0.5) is 0 Å². The van der Waals surface area contributed by atoms with Crippen LogP contribution in [0.15, 0.2) is 6.20 Å². The first-order valence-electron chi connectivity index (χ1n) is 8.59. The fraction of sp³-hybridized carbons (Fsp3) is 0.824. The average molecular weight is 279 g/mol. The second-order valence-electron chi connectivity index (χ2n) is 5.83. The van der Waals surface area contributed by atoms with Crippen LogP contribution in [0.5, 0.6) is 0 Å². The molecule has 3 nitrogen and oxygen atoms in total. The summed E-state index contributed by atoms with van der Waals surface area (Å²) in [6.45, 7) is 2.97. The summed E-state index contributed by atoms with van der Waals surface area (Å²) < 4.78 is 0. The molecular weight excluding hydrogens is 246 g/mol. The average Bonchev–Trinajstić information content (AvgIpc) is 2.89. The van der Waals surface area contributed by atoms with Crippen LogP contribution in [0.25, 0.3) is 0 Å². The molecule has 1 heterocycles. The second-order valence-corrected chi connectivity index (χ2v) is 5.83. The van der Waals surface area contributed by atoms with Gasteiger partial charge in [-0.25, -0.2) is 4.98 Å². The third-order valence-electron chi connectivity index (χ3n) is 3.86. The molecule has 1 aromatic heterocycles. The maximum atomic E-state index is 5.53.